The average molecular weight is 363 g/mol. The van der Waals surface area contributed by atoms with Crippen molar-refractivity contribution >= 4 is 23.4 Å². The fourth-order valence-corrected chi connectivity index (χ4v) is 2.92. The van der Waals surface area contributed by atoms with E-state index in [0.717, 1.165) is 16.8 Å². The van der Waals surface area contributed by atoms with Crippen molar-refractivity contribution in [2.75, 3.05) is 24.9 Å². The van der Waals surface area contributed by atoms with Crippen LogP contribution in [0, 0.1) is 0 Å². The summed E-state index contributed by atoms with van der Waals surface area (Å²) in [5.41, 5.74) is 2.93. The van der Waals surface area contributed by atoms with E-state index < -0.39 is 0 Å². The lowest BCUT2D eigenvalue weighted by molar-refractivity contribution is -0.115. The SMILES string of the molecule is COc1ccc(Nc2ncc3c(n2)-c2cccnc2NC(=O)C3)cc1OC. The molecule has 3 heterocycles. The number of carbonyl (C=O) groups is 1. The predicted molar refractivity (Wildman–Crippen MR) is 100 cm³/mol. The van der Waals surface area contributed by atoms with E-state index in [1.165, 1.54) is 0 Å². The Balaban J connectivity index is 1.72. The topological polar surface area (TPSA) is 98.3 Å². The number of nitrogens with zero attached hydrogens (tertiary/aromatic N) is 3. The van der Waals surface area contributed by atoms with Gasteiger partial charge in [0.15, 0.2) is 11.5 Å². The molecule has 0 radical (unpaired) electrons. The molecule has 0 fully saturated rings. The Morgan fingerprint density at radius 3 is 2.78 bits per heavy atom. The van der Waals surface area contributed by atoms with Gasteiger partial charge in [-0.15, -0.1) is 0 Å². The van der Waals surface area contributed by atoms with Crippen molar-refractivity contribution in [3.05, 3.63) is 48.3 Å². The fourth-order valence-electron chi connectivity index (χ4n) is 2.92. The Morgan fingerprint density at radius 1 is 1.11 bits per heavy atom. The second-order valence-electron chi connectivity index (χ2n) is 5.89. The first kappa shape index (κ1) is 16.8. The van der Waals surface area contributed by atoms with Gasteiger partial charge >= 0.3 is 0 Å². The van der Waals surface area contributed by atoms with Crippen molar-refractivity contribution in [3.63, 3.8) is 0 Å². The molecule has 1 aliphatic heterocycles. The third kappa shape index (κ3) is 3.24. The number of carbonyl (C=O) groups excluding carboxylic acids is 1. The highest BCUT2D eigenvalue weighted by atomic mass is 16.5. The number of rotatable bonds is 4. The van der Waals surface area contributed by atoms with E-state index >= 15 is 0 Å². The van der Waals surface area contributed by atoms with Gasteiger partial charge in [-0.25, -0.2) is 15.0 Å². The lowest BCUT2D eigenvalue weighted by Crippen LogP contribution is -2.13. The number of benzene rings is 1. The number of anilines is 3. The second-order valence-corrected chi connectivity index (χ2v) is 5.89. The van der Waals surface area contributed by atoms with E-state index in [0.29, 0.717) is 29.0 Å². The molecular weight excluding hydrogens is 346 g/mol. The van der Waals surface area contributed by atoms with Crippen LogP contribution in [0.3, 0.4) is 0 Å². The summed E-state index contributed by atoms with van der Waals surface area (Å²) in [5, 5.41) is 5.96. The zero-order chi connectivity index (χ0) is 18.8. The third-order valence-corrected chi connectivity index (χ3v) is 4.18. The molecule has 0 unspecified atom stereocenters. The van der Waals surface area contributed by atoms with E-state index in [4.69, 9.17) is 9.47 Å². The summed E-state index contributed by atoms with van der Waals surface area (Å²) in [6, 6.07) is 9.13. The summed E-state index contributed by atoms with van der Waals surface area (Å²) in [6.07, 6.45) is 3.49. The van der Waals surface area contributed by atoms with Gasteiger partial charge in [-0.1, -0.05) is 0 Å². The molecule has 8 heteroatoms. The van der Waals surface area contributed by atoms with Crippen molar-refractivity contribution < 1.29 is 14.3 Å². The van der Waals surface area contributed by atoms with Crippen molar-refractivity contribution in [3.8, 4) is 22.8 Å². The van der Waals surface area contributed by atoms with Gasteiger partial charge in [-0.2, -0.15) is 0 Å². The Bertz CT molecular complexity index is 1020. The fraction of sp³-hybridized carbons (Fsp3) is 0.158. The molecule has 2 N–H and O–H groups in total. The van der Waals surface area contributed by atoms with Crippen LogP contribution < -0.4 is 20.1 Å². The third-order valence-electron chi connectivity index (χ3n) is 4.18. The monoisotopic (exact) mass is 363 g/mol. The van der Waals surface area contributed by atoms with E-state index in [2.05, 4.69) is 25.6 Å². The van der Waals surface area contributed by atoms with Crippen LogP contribution in [-0.2, 0) is 11.2 Å². The number of ether oxygens (including phenoxy) is 2. The molecule has 0 saturated heterocycles. The summed E-state index contributed by atoms with van der Waals surface area (Å²) in [7, 11) is 3.16. The first-order chi connectivity index (χ1) is 13.2. The molecule has 1 amide bonds. The molecule has 0 spiro atoms. The van der Waals surface area contributed by atoms with Crippen LogP contribution >= 0.6 is 0 Å². The van der Waals surface area contributed by atoms with Gasteiger partial charge in [0.2, 0.25) is 11.9 Å². The minimum absolute atomic E-state index is 0.141. The molecule has 1 aliphatic rings. The minimum Gasteiger partial charge on any atom is -0.493 e. The summed E-state index contributed by atoms with van der Waals surface area (Å²) in [5.74, 6) is 2.00. The number of amides is 1. The Hall–Kier alpha value is -3.68. The Labute approximate surface area is 155 Å². The smallest absolute Gasteiger partial charge is 0.230 e. The van der Waals surface area contributed by atoms with E-state index in [9.17, 15) is 4.79 Å². The normalized spacial score (nSPS) is 12.3. The average Bonchev–Trinajstić information content (AvgIpc) is 2.83. The number of hydrogen-bond acceptors (Lipinski definition) is 7. The van der Waals surface area contributed by atoms with Crippen molar-refractivity contribution in [2.45, 2.75) is 6.42 Å². The van der Waals surface area contributed by atoms with Crippen LogP contribution in [0.15, 0.2) is 42.7 Å². The Morgan fingerprint density at radius 2 is 1.96 bits per heavy atom. The van der Waals surface area contributed by atoms with Crippen LogP contribution in [-0.4, -0.2) is 35.1 Å². The quantitative estimate of drug-likeness (QED) is 0.735. The number of aromatic nitrogens is 3. The summed E-state index contributed by atoms with van der Waals surface area (Å²) >= 11 is 0. The molecule has 0 saturated carbocycles. The lowest BCUT2D eigenvalue weighted by atomic mass is 10.1. The molecule has 27 heavy (non-hydrogen) atoms. The highest BCUT2D eigenvalue weighted by Crippen LogP contribution is 2.33. The van der Waals surface area contributed by atoms with Gasteiger partial charge < -0.3 is 20.1 Å². The van der Waals surface area contributed by atoms with Crippen LogP contribution in [0.25, 0.3) is 11.3 Å². The molecular formula is C19H17N5O3. The molecule has 0 atom stereocenters. The number of hydrogen-bond donors (Lipinski definition) is 2. The van der Waals surface area contributed by atoms with Crippen molar-refractivity contribution in [1.29, 1.82) is 0 Å². The maximum Gasteiger partial charge on any atom is 0.230 e. The molecule has 2 aromatic heterocycles. The standard InChI is InChI=1S/C19H17N5O3/c1-26-14-6-5-12(9-15(14)27-2)22-19-21-10-11-8-16(25)23-18-13(17(11)24-19)4-3-7-20-18/h3-7,9-10H,8H2,1-2H3,(H,20,23,25)(H,21,22,24). The van der Waals surface area contributed by atoms with Gasteiger partial charge in [0.05, 0.1) is 26.3 Å². The zero-order valence-corrected chi connectivity index (χ0v) is 14.8. The number of methoxy groups -OCH3 is 2. The van der Waals surface area contributed by atoms with Crippen molar-refractivity contribution in [2.24, 2.45) is 0 Å². The summed E-state index contributed by atoms with van der Waals surface area (Å²) in [4.78, 5) is 25.3. The number of pyridine rings is 1. The predicted octanol–water partition coefficient (Wildman–Crippen LogP) is 2.79. The minimum atomic E-state index is -0.141. The molecule has 3 aromatic rings. The number of fused-ring (bicyclic) bond motifs is 3. The van der Waals surface area contributed by atoms with Crippen molar-refractivity contribution in [1.82, 2.24) is 15.0 Å². The highest BCUT2D eigenvalue weighted by molar-refractivity contribution is 5.98. The molecule has 136 valence electrons. The maximum absolute atomic E-state index is 12.1. The molecule has 8 nitrogen and oxygen atoms in total. The Kier molecular flexibility index (Phi) is 4.29. The first-order valence-electron chi connectivity index (χ1n) is 8.28. The maximum atomic E-state index is 12.1. The van der Waals surface area contributed by atoms with Gasteiger partial charge in [0.25, 0.3) is 0 Å². The van der Waals surface area contributed by atoms with Gasteiger partial charge in [-0.3, -0.25) is 4.79 Å². The van der Waals surface area contributed by atoms with E-state index in [-0.39, 0.29) is 12.3 Å². The van der Waals surface area contributed by atoms with Crippen LogP contribution in [0.2, 0.25) is 0 Å². The lowest BCUT2D eigenvalue weighted by Gasteiger charge is -2.12. The first-order valence-corrected chi connectivity index (χ1v) is 8.28. The zero-order valence-electron chi connectivity index (χ0n) is 14.8. The largest absolute Gasteiger partial charge is 0.493 e. The molecule has 0 aliphatic carbocycles. The summed E-state index contributed by atoms with van der Waals surface area (Å²) < 4.78 is 10.6. The highest BCUT2D eigenvalue weighted by Gasteiger charge is 2.21. The van der Waals surface area contributed by atoms with Gasteiger partial charge in [-0.05, 0) is 24.3 Å². The van der Waals surface area contributed by atoms with Crippen LogP contribution in [0.5, 0.6) is 11.5 Å². The van der Waals surface area contributed by atoms with Gasteiger partial charge in [0.1, 0.15) is 5.82 Å². The molecule has 0 bridgehead atoms. The van der Waals surface area contributed by atoms with Crippen LogP contribution in [0.1, 0.15) is 5.56 Å². The van der Waals surface area contributed by atoms with E-state index in [1.807, 2.05) is 18.2 Å². The second kappa shape index (κ2) is 6.91. The van der Waals surface area contributed by atoms with Crippen LogP contribution in [0.4, 0.5) is 17.5 Å². The summed E-state index contributed by atoms with van der Waals surface area (Å²) in [6.45, 7) is 0. The molecule has 1 aromatic carbocycles. The molecule has 4 rings (SSSR count). The van der Waals surface area contributed by atoms with E-state index in [1.54, 1.807) is 38.7 Å². The number of nitrogens with one attached hydrogen (secondary N) is 2. The van der Waals surface area contributed by atoms with Gasteiger partial charge in [0, 0.05) is 35.3 Å².